The average Bonchev–Trinajstić information content (AvgIpc) is 2.54. The topological polar surface area (TPSA) is 75.7 Å². The number of benzene rings is 1. The average molecular weight is 354 g/mol. The Morgan fingerprint density at radius 3 is 2.58 bits per heavy atom. The molecular formula is C17H26N2O4S. The summed E-state index contributed by atoms with van der Waals surface area (Å²) in [6.45, 7) is 5.58. The summed E-state index contributed by atoms with van der Waals surface area (Å²) in [5, 5.41) is 2.86. The second-order valence-electron chi connectivity index (χ2n) is 6.23. The Balaban J connectivity index is 2.02. The molecule has 2 rings (SSSR count). The first-order chi connectivity index (χ1) is 11.3. The maximum absolute atomic E-state index is 12.2. The Hall–Kier alpha value is -1.60. The van der Waals surface area contributed by atoms with Gasteiger partial charge in [-0.05, 0) is 43.9 Å². The second kappa shape index (κ2) is 7.98. The molecule has 1 saturated heterocycles. The van der Waals surface area contributed by atoms with Crippen molar-refractivity contribution in [2.45, 2.75) is 26.7 Å². The van der Waals surface area contributed by atoms with E-state index in [0.717, 1.165) is 24.0 Å². The molecule has 1 N–H and O–H groups in total. The van der Waals surface area contributed by atoms with E-state index in [0.29, 0.717) is 18.9 Å². The number of hydrogen-bond acceptors (Lipinski definition) is 4. The highest BCUT2D eigenvalue weighted by Crippen LogP contribution is 2.24. The molecule has 0 bridgehead atoms. The number of rotatable bonds is 6. The van der Waals surface area contributed by atoms with Crippen LogP contribution in [0.1, 0.15) is 24.0 Å². The van der Waals surface area contributed by atoms with Crippen LogP contribution in [0.15, 0.2) is 18.2 Å². The van der Waals surface area contributed by atoms with Gasteiger partial charge in [0.2, 0.25) is 15.9 Å². The van der Waals surface area contributed by atoms with Crippen LogP contribution in [0.2, 0.25) is 0 Å². The SMILES string of the molecule is Cc1cccc(N(CCNC(=O)C2CCOCC2)S(C)(=O)=O)c1C. The van der Waals surface area contributed by atoms with Crippen molar-refractivity contribution in [3.05, 3.63) is 29.3 Å². The fourth-order valence-electron chi connectivity index (χ4n) is 2.86. The van der Waals surface area contributed by atoms with Crippen molar-refractivity contribution in [3.63, 3.8) is 0 Å². The lowest BCUT2D eigenvalue weighted by molar-refractivity contribution is -0.127. The Morgan fingerprint density at radius 2 is 1.96 bits per heavy atom. The molecule has 1 aromatic rings. The molecule has 1 aliphatic heterocycles. The molecule has 0 aliphatic carbocycles. The van der Waals surface area contributed by atoms with Crippen molar-refractivity contribution in [1.29, 1.82) is 0 Å². The Bertz CT molecular complexity index is 682. The molecule has 0 saturated carbocycles. The van der Waals surface area contributed by atoms with E-state index in [1.54, 1.807) is 6.07 Å². The standard InChI is InChI=1S/C17H26N2O4S/c1-13-5-4-6-16(14(13)2)19(24(3,21)22)10-9-18-17(20)15-7-11-23-12-8-15/h4-6,15H,7-12H2,1-3H3,(H,18,20). The number of nitrogens with zero attached hydrogens (tertiary/aromatic N) is 1. The Morgan fingerprint density at radius 1 is 1.29 bits per heavy atom. The van der Waals surface area contributed by atoms with Crippen LogP contribution < -0.4 is 9.62 Å². The largest absolute Gasteiger partial charge is 0.381 e. The summed E-state index contributed by atoms with van der Waals surface area (Å²) in [5.41, 5.74) is 2.63. The smallest absolute Gasteiger partial charge is 0.232 e. The minimum absolute atomic E-state index is 0.0206. The third-order valence-electron chi connectivity index (χ3n) is 4.45. The van der Waals surface area contributed by atoms with Gasteiger partial charge in [-0.25, -0.2) is 8.42 Å². The molecule has 0 unspecified atom stereocenters. The van der Waals surface area contributed by atoms with E-state index in [1.165, 1.54) is 10.6 Å². The van der Waals surface area contributed by atoms with Gasteiger partial charge < -0.3 is 10.1 Å². The van der Waals surface area contributed by atoms with Gasteiger partial charge in [0.25, 0.3) is 0 Å². The van der Waals surface area contributed by atoms with E-state index >= 15 is 0 Å². The lowest BCUT2D eigenvalue weighted by Crippen LogP contribution is -2.41. The molecule has 1 fully saturated rings. The highest BCUT2D eigenvalue weighted by atomic mass is 32.2. The number of sulfonamides is 1. The molecule has 134 valence electrons. The van der Waals surface area contributed by atoms with Crippen molar-refractivity contribution >= 4 is 21.6 Å². The quantitative estimate of drug-likeness (QED) is 0.842. The Kier molecular flexibility index (Phi) is 6.23. The van der Waals surface area contributed by atoms with Crippen molar-refractivity contribution in [3.8, 4) is 0 Å². The van der Waals surface area contributed by atoms with E-state index in [2.05, 4.69) is 5.32 Å². The molecule has 7 heteroatoms. The summed E-state index contributed by atoms with van der Waals surface area (Å²) in [6, 6.07) is 5.59. The molecule has 1 amide bonds. The maximum Gasteiger partial charge on any atom is 0.232 e. The molecular weight excluding hydrogens is 328 g/mol. The minimum Gasteiger partial charge on any atom is -0.381 e. The first-order valence-corrected chi connectivity index (χ1v) is 10.0. The summed E-state index contributed by atoms with van der Waals surface area (Å²) in [7, 11) is -3.42. The maximum atomic E-state index is 12.2. The van der Waals surface area contributed by atoms with Crippen molar-refractivity contribution in [2.75, 3.05) is 36.9 Å². The lowest BCUT2D eigenvalue weighted by Gasteiger charge is -2.26. The monoisotopic (exact) mass is 354 g/mol. The molecule has 0 atom stereocenters. The number of aryl methyl sites for hydroxylation is 1. The predicted molar refractivity (Wildman–Crippen MR) is 94.7 cm³/mol. The van der Waals surface area contributed by atoms with Crippen molar-refractivity contribution in [1.82, 2.24) is 5.32 Å². The van der Waals surface area contributed by atoms with E-state index in [4.69, 9.17) is 4.74 Å². The van der Waals surface area contributed by atoms with Crippen LogP contribution in [-0.2, 0) is 19.6 Å². The number of carbonyl (C=O) groups excluding carboxylic acids is 1. The predicted octanol–water partition coefficient (Wildman–Crippen LogP) is 1.61. The zero-order valence-electron chi connectivity index (χ0n) is 14.5. The summed E-state index contributed by atoms with van der Waals surface area (Å²) < 4.78 is 31.0. The van der Waals surface area contributed by atoms with Crippen LogP contribution in [0.5, 0.6) is 0 Å². The lowest BCUT2D eigenvalue weighted by atomic mass is 9.99. The number of carbonyl (C=O) groups is 1. The van der Waals surface area contributed by atoms with E-state index in [9.17, 15) is 13.2 Å². The molecule has 1 aliphatic rings. The van der Waals surface area contributed by atoms with E-state index in [-0.39, 0.29) is 24.9 Å². The first-order valence-electron chi connectivity index (χ1n) is 8.20. The number of anilines is 1. The van der Waals surface area contributed by atoms with Crippen LogP contribution in [0, 0.1) is 19.8 Å². The van der Waals surface area contributed by atoms with Gasteiger partial charge in [-0.3, -0.25) is 9.10 Å². The third kappa shape index (κ3) is 4.70. The van der Waals surface area contributed by atoms with Crippen LogP contribution in [-0.4, -0.2) is 46.9 Å². The van der Waals surface area contributed by atoms with Crippen molar-refractivity contribution < 1.29 is 17.9 Å². The molecule has 6 nitrogen and oxygen atoms in total. The number of hydrogen-bond donors (Lipinski definition) is 1. The number of ether oxygens (including phenoxy) is 1. The fraction of sp³-hybridized carbons (Fsp3) is 0.588. The zero-order chi connectivity index (χ0) is 17.7. The van der Waals surface area contributed by atoms with Crippen LogP contribution in [0.4, 0.5) is 5.69 Å². The first kappa shape index (κ1) is 18.7. The van der Waals surface area contributed by atoms with Gasteiger partial charge in [0.05, 0.1) is 18.5 Å². The van der Waals surface area contributed by atoms with Gasteiger partial charge in [-0.2, -0.15) is 0 Å². The second-order valence-corrected chi connectivity index (χ2v) is 8.14. The van der Waals surface area contributed by atoms with E-state index < -0.39 is 10.0 Å². The summed E-state index contributed by atoms with van der Waals surface area (Å²) in [4.78, 5) is 12.2. The van der Waals surface area contributed by atoms with Crippen LogP contribution >= 0.6 is 0 Å². The van der Waals surface area contributed by atoms with Gasteiger partial charge in [0.1, 0.15) is 0 Å². The molecule has 1 heterocycles. The molecule has 0 spiro atoms. The van der Waals surface area contributed by atoms with Gasteiger partial charge in [0.15, 0.2) is 0 Å². The number of amides is 1. The molecule has 1 aromatic carbocycles. The minimum atomic E-state index is -3.42. The molecule has 0 radical (unpaired) electrons. The van der Waals surface area contributed by atoms with Crippen LogP contribution in [0.3, 0.4) is 0 Å². The fourth-order valence-corrected chi connectivity index (χ4v) is 3.83. The van der Waals surface area contributed by atoms with Crippen LogP contribution in [0.25, 0.3) is 0 Å². The van der Waals surface area contributed by atoms with E-state index in [1.807, 2.05) is 26.0 Å². The van der Waals surface area contributed by atoms with Gasteiger partial charge in [-0.1, -0.05) is 12.1 Å². The number of nitrogens with one attached hydrogen (secondary N) is 1. The summed E-state index contributed by atoms with van der Waals surface area (Å²) in [6.07, 6.45) is 2.63. The normalized spacial score (nSPS) is 16.0. The Labute approximate surface area is 144 Å². The van der Waals surface area contributed by atoms with Gasteiger partial charge in [-0.15, -0.1) is 0 Å². The van der Waals surface area contributed by atoms with Gasteiger partial charge in [0, 0.05) is 25.7 Å². The third-order valence-corrected chi connectivity index (χ3v) is 5.63. The summed E-state index contributed by atoms with van der Waals surface area (Å²) in [5.74, 6) is -0.0566. The van der Waals surface area contributed by atoms with Crippen molar-refractivity contribution in [2.24, 2.45) is 5.92 Å². The highest BCUT2D eigenvalue weighted by molar-refractivity contribution is 7.92. The molecule has 0 aromatic heterocycles. The zero-order valence-corrected chi connectivity index (χ0v) is 15.4. The highest BCUT2D eigenvalue weighted by Gasteiger charge is 2.23. The summed E-state index contributed by atoms with van der Waals surface area (Å²) >= 11 is 0. The van der Waals surface area contributed by atoms with Gasteiger partial charge >= 0.3 is 0 Å². The molecule has 24 heavy (non-hydrogen) atoms.